The molecule has 25 heavy (non-hydrogen) atoms. The van der Waals surface area contributed by atoms with Gasteiger partial charge in [0.05, 0.1) is 17.6 Å². The Morgan fingerprint density at radius 1 is 1.24 bits per heavy atom. The van der Waals surface area contributed by atoms with Gasteiger partial charge in [-0.05, 0) is 18.9 Å². The van der Waals surface area contributed by atoms with Crippen LogP contribution in [0.4, 0.5) is 5.82 Å². The number of anilines is 1. The molecular weight excluding hydrogens is 316 g/mol. The Balaban J connectivity index is 2.24. The Morgan fingerprint density at radius 3 is 2.64 bits per heavy atom. The average molecular weight is 340 g/mol. The minimum absolute atomic E-state index is 0.225. The number of esters is 1. The van der Waals surface area contributed by atoms with Crippen LogP contribution in [0.25, 0.3) is 21.9 Å². The number of fused-ring (bicyclic) bond motifs is 3. The molecule has 2 aromatic heterocycles. The summed E-state index contributed by atoms with van der Waals surface area (Å²) in [5.74, 6) is 1.42. The highest BCUT2D eigenvalue weighted by molar-refractivity contribution is 6.06. The van der Waals surface area contributed by atoms with Gasteiger partial charge >= 0.3 is 5.97 Å². The van der Waals surface area contributed by atoms with Crippen molar-refractivity contribution in [1.82, 2.24) is 14.5 Å². The Kier molecular flexibility index (Phi) is 4.61. The first-order valence-electron chi connectivity index (χ1n) is 8.58. The van der Waals surface area contributed by atoms with Gasteiger partial charge in [0.2, 0.25) is 0 Å². The van der Waals surface area contributed by atoms with Crippen molar-refractivity contribution >= 4 is 33.7 Å². The number of rotatable bonds is 5. The number of nitrogens with zero attached hydrogens (tertiary/aromatic N) is 3. The first-order chi connectivity index (χ1) is 11.9. The summed E-state index contributed by atoms with van der Waals surface area (Å²) in [6, 6.07) is 8.18. The number of ether oxygens (including phenoxy) is 1. The number of nitrogen functional groups attached to an aromatic ring is 1. The number of nitrogens with two attached hydrogens (primary N) is 1. The van der Waals surface area contributed by atoms with Gasteiger partial charge in [0.25, 0.3) is 0 Å². The number of benzene rings is 1. The van der Waals surface area contributed by atoms with Crippen molar-refractivity contribution < 1.29 is 9.53 Å². The van der Waals surface area contributed by atoms with E-state index < -0.39 is 0 Å². The summed E-state index contributed by atoms with van der Waals surface area (Å²) in [5, 5.41) is 1.03. The summed E-state index contributed by atoms with van der Waals surface area (Å²) < 4.78 is 7.34. The van der Waals surface area contributed by atoms with Gasteiger partial charge < -0.3 is 15.0 Å². The minimum Gasteiger partial charge on any atom is -0.465 e. The number of carbonyl (C=O) groups is 1. The number of carbonyl (C=O) groups excluding carboxylic acids is 1. The monoisotopic (exact) mass is 340 g/mol. The van der Waals surface area contributed by atoms with E-state index in [9.17, 15) is 4.79 Å². The predicted molar refractivity (Wildman–Crippen MR) is 99.3 cm³/mol. The molecule has 0 saturated carbocycles. The number of imidazole rings is 1. The third-order valence-corrected chi connectivity index (χ3v) is 4.63. The molecule has 0 radical (unpaired) electrons. The van der Waals surface area contributed by atoms with E-state index in [-0.39, 0.29) is 12.0 Å². The molecule has 3 rings (SSSR count). The van der Waals surface area contributed by atoms with Crippen LogP contribution in [-0.2, 0) is 16.0 Å². The lowest BCUT2D eigenvalue weighted by molar-refractivity contribution is -0.140. The van der Waals surface area contributed by atoms with Gasteiger partial charge in [0, 0.05) is 24.8 Å². The third-order valence-electron chi connectivity index (χ3n) is 4.63. The maximum absolute atomic E-state index is 11.1. The molecule has 0 aliphatic carbocycles. The van der Waals surface area contributed by atoms with Crippen LogP contribution < -0.4 is 5.73 Å². The summed E-state index contributed by atoms with van der Waals surface area (Å²) in [7, 11) is 0. The molecule has 0 amide bonds. The summed E-state index contributed by atoms with van der Waals surface area (Å²) >= 11 is 0. The zero-order chi connectivity index (χ0) is 18.1. The van der Waals surface area contributed by atoms with Crippen LogP contribution in [0.15, 0.2) is 24.3 Å². The number of aromatic nitrogens is 3. The number of hydrogen-bond donors (Lipinski definition) is 1. The lowest BCUT2D eigenvalue weighted by Gasteiger charge is -2.22. The highest BCUT2D eigenvalue weighted by Gasteiger charge is 2.22. The first-order valence-corrected chi connectivity index (χ1v) is 8.58. The van der Waals surface area contributed by atoms with Crippen molar-refractivity contribution in [3.8, 4) is 0 Å². The zero-order valence-corrected chi connectivity index (χ0v) is 15.1. The third kappa shape index (κ3) is 3.16. The van der Waals surface area contributed by atoms with Crippen LogP contribution in [0.3, 0.4) is 0 Å². The van der Waals surface area contributed by atoms with Crippen LogP contribution >= 0.6 is 0 Å². The van der Waals surface area contributed by atoms with E-state index >= 15 is 0 Å². The van der Waals surface area contributed by atoms with E-state index in [0.29, 0.717) is 30.3 Å². The smallest absolute Gasteiger partial charge is 0.302 e. The molecule has 0 aliphatic rings. The second kappa shape index (κ2) is 6.70. The van der Waals surface area contributed by atoms with E-state index in [1.54, 1.807) is 0 Å². The van der Waals surface area contributed by atoms with Gasteiger partial charge in [0.1, 0.15) is 11.3 Å². The van der Waals surface area contributed by atoms with Gasteiger partial charge in [-0.2, -0.15) is 0 Å². The lowest BCUT2D eigenvalue weighted by Crippen LogP contribution is -2.16. The molecule has 0 bridgehead atoms. The molecule has 3 aromatic rings. The van der Waals surface area contributed by atoms with Crippen LogP contribution in [0, 0.1) is 5.92 Å². The summed E-state index contributed by atoms with van der Waals surface area (Å²) in [6.45, 7) is 8.24. The Labute approximate surface area is 147 Å². The molecule has 1 unspecified atom stereocenters. The molecule has 0 fully saturated rings. The van der Waals surface area contributed by atoms with Crippen molar-refractivity contribution in [2.45, 2.75) is 40.2 Å². The SMILES string of the molecule is CC(=O)OCCc1nc2c(N)nc3ccccc3c2n1C(C)C(C)C. The normalized spacial score (nSPS) is 12.8. The van der Waals surface area contributed by atoms with Crippen molar-refractivity contribution in [3.63, 3.8) is 0 Å². The topological polar surface area (TPSA) is 83.0 Å². The Morgan fingerprint density at radius 2 is 1.96 bits per heavy atom. The molecule has 132 valence electrons. The second-order valence-corrected chi connectivity index (χ2v) is 6.68. The standard InChI is InChI=1S/C19H24N4O2/c1-11(2)12(3)23-16(9-10-25-13(4)24)22-17-18(23)14-7-5-6-8-15(14)21-19(17)20/h5-8,11-12H,9-10H2,1-4H3,(H2,20,21). The van der Waals surface area contributed by atoms with Gasteiger partial charge in [-0.25, -0.2) is 9.97 Å². The van der Waals surface area contributed by atoms with Gasteiger partial charge in [-0.15, -0.1) is 0 Å². The molecule has 6 nitrogen and oxygen atoms in total. The molecule has 2 heterocycles. The Bertz CT molecular complexity index is 930. The molecular formula is C19H24N4O2. The molecule has 2 N–H and O–H groups in total. The number of para-hydroxylation sites is 1. The van der Waals surface area contributed by atoms with Crippen LogP contribution in [0.5, 0.6) is 0 Å². The molecule has 6 heteroatoms. The fourth-order valence-corrected chi connectivity index (χ4v) is 3.07. The quantitative estimate of drug-likeness (QED) is 0.719. The van der Waals surface area contributed by atoms with Crippen LogP contribution in [-0.4, -0.2) is 27.1 Å². The lowest BCUT2D eigenvalue weighted by atomic mass is 10.1. The minimum atomic E-state index is -0.286. The molecule has 0 saturated heterocycles. The fourth-order valence-electron chi connectivity index (χ4n) is 3.07. The highest BCUT2D eigenvalue weighted by Crippen LogP contribution is 2.33. The Hall–Kier alpha value is -2.63. The van der Waals surface area contributed by atoms with Crippen molar-refractivity contribution in [2.75, 3.05) is 12.3 Å². The summed E-state index contributed by atoms with van der Waals surface area (Å²) in [6.07, 6.45) is 0.541. The summed E-state index contributed by atoms with van der Waals surface area (Å²) in [4.78, 5) is 20.3. The van der Waals surface area contributed by atoms with Gasteiger partial charge in [-0.1, -0.05) is 32.0 Å². The van der Waals surface area contributed by atoms with Gasteiger partial charge in [-0.3, -0.25) is 4.79 Å². The van der Waals surface area contributed by atoms with E-state index in [4.69, 9.17) is 15.5 Å². The molecule has 0 spiro atoms. The van der Waals surface area contributed by atoms with Crippen LogP contribution in [0.1, 0.15) is 39.6 Å². The second-order valence-electron chi connectivity index (χ2n) is 6.68. The maximum Gasteiger partial charge on any atom is 0.302 e. The average Bonchev–Trinajstić information content (AvgIpc) is 2.94. The van der Waals surface area contributed by atoms with Gasteiger partial charge in [0.15, 0.2) is 5.82 Å². The highest BCUT2D eigenvalue weighted by atomic mass is 16.5. The van der Waals surface area contributed by atoms with Crippen molar-refractivity contribution in [1.29, 1.82) is 0 Å². The molecule has 1 aromatic carbocycles. The fraction of sp³-hybridized carbons (Fsp3) is 0.421. The number of pyridine rings is 1. The van der Waals surface area contributed by atoms with Crippen LogP contribution in [0.2, 0.25) is 0 Å². The van der Waals surface area contributed by atoms with E-state index in [1.807, 2.05) is 24.3 Å². The van der Waals surface area contributed by atoms with E-state index in [1.165, 1.54) is 6.92 Å². The summed E-state index contributed by atoms with van der Waals surface area (Å²) in [5.41, 5.74) is 8.76. The van der Waals surface area contributed by atoms with E-state index in [2.05, 4.69) is 30.3 Å². The van der Waals surface area contributed by atoms with Crippen molar-refractivity contribution in [3.05, 3.63) is 30.1 Å². The van der Waals surface area contributed by atoms with Crippen molar-refractivity contribution in [2.24, 2.45) is 5.92 Å². The molecule has 1 atom stereocenters. The first kappa shape index (κ1) is 17.2. The number of hydrogen-bond acceptors (Lipinski definition) is 5. The zero-order valence-electron chi connectivity index (χ0n) is 15.1. The molecule has 0 aliphatic heterocycles. The van der Waals surface area contributed by atoms with E-state index in [0.717, 1.165) is 22.2 Å². The largest absolute Gasteiger partial charge is 0.465 e. The maximum atomic E-state index is 11.1. The predicted octanol–water partition coefficient (Wildman–Crippen LogP) is 3.49.